The molecule has 1 fully saturated rings. The molecule has 2 unspecified atom stereocenters. The predicted octanol–water partition coefficient (Wildman–Crippen LogP) is 5.28. The van der Waals surface area contributed by atoms with E-state index in [-0.39, 0.29) is 43.4 Å². The van der Waals surface area contributed by atoms with Crippen LogP contribution < -0.4 is 0 Å². The summed E-state index contributed by atoms with van der Waals surface area (Å²) in [5, 5.41) is 17.9. The topological polar surface area (TPSA) is 66.8 Å². The molecule has 0 heterocycles. The first-order valence-corrected chi connectivity index (χ1v) is 10.9. The minimum Gasteiger partial charge on any atom is -0.457 e. The van der Waals surface area contributed by atoms with E-state index in [0.717, 1.165) is 19.3 Å². The normalized spacial score (nSPS) is 20.6. The summed E-state index contributed by atoms with van der Waals surface area (Å²) in [6.45, 7) is 1.28. The van der Waals surface area contributed by atoms with Gasteiger partial charge in [0.25, 0.3) is 0 Å². The molecule has 1 aliphatic carbocycles. The summed E-state index contributed by atoms with van der Waals surface area (Å²) < 4.78 is 41.1. The van der Waals surface area contributed by atoms with E-state index in [4.69, 9.17) is 14.9 Å². The molecule has 3 atom stereocenters. The number of carbonyl (C=O) groups excluding carboxylic acids is 1. The molecule has 2 N–H and O–H groups in total. The zero-order valence-electron chi connectivity index (χ0n) is 18.1. The van der Waals surface area contributed by atoms with Crippen molar-refractivity contribution < 1.29 is 32.9 Å². The van der Waals surface area contributed by atoms with Gasteiger partial charge >= 0.3 is 12.1 Å². The summed E-state index contributed by atoms with van der Waals surface area (Å²) in [7, 11) is 0. The average Bonchev–Trinajstić information content (AvgIpc) is 3.49. The lowest BCUT2D eigenvalue weighted by Gasteiger charge is -2.11. The third-order valence-electron chi connectivity index (χ3n) is 4.89. The Labute approximate surface area is 183 Å². The van der Waals surface area contributed by atoms with Gasteiger partial charge in [-0.1, -0.05) is 55.5 Å². The molecule has 0 spiro atoms. The highest BCUT2D eigenvalue weighted by atomic mass is 19.4. The number of aliphatic hydroxyl groups is 2. The molecule has 4 nitrogen and oxygen atoms in total. The zero-order chi connectivity index (χ0) is 23.1. The van der Waals surface area contributed by atoms with Crippen molar-refractivity contribution in [3.8, 4) is 0 Å². The van der Waals surface area contributed by atoms with E-state index in [2.05, 4.69) is 18.2 Å². The van der Waals surface area contributed by atoms with E-state index < -0.39 is 18.7 Å². The van der Waals surface area contributed by atoms with Crippen molar-refractivity contribution in [2.45, 2.75) is 64.1 Å². The van der Waals surface area contributed by atoms with Gasteiger partial charge in [-0.05, 0) is 50.4 Å². The lowest BCUT2D eigenvalue weighted by Crippen LogP contribution is -2.26. The van der Waals surface area contributed by atoms with Gasteiger partial charge in [0.2, 0.25) is 0 Å². The van der Waals surface area contributed by atoms with Crippen LogP contribution in [0.15, 0.2) is 48.6 Å². The highest BCUT2D eigenvalue weighted by Gasteiger charge is 2.43. The van der Waals surface area contributed by atoms with E-state index in [1.54, 1.807) is 0 Å². The van der Waals surface area contributed by atoms with Gasteiger partial charge < -0.3 is 14.9 Å². The molecule has 0 saturated heterocycles. The van der Waals surface area contributed by atoms with Crippen molar-refractivity contribution in [3.63, 3.8) is 0 Å². The van der Waals surface area contributed by atoms with Gasteiger partial charge in [-0.25, -0.2) is 0 Å². The second kappa shape index (κ2) is 15.0. The molecule has 0 aliphatic heterocycles. The summed E-state index contributed by atoms with van der Waals surface area (Å²) in [6.07, 6.45) is 14.3. The Balaban J connectivity index is 2.10. The standard InChI is InChI=1S/C24H35F3O4/c1-19(13-9-6-7-11-15-24(25,26)27)12-8-4-2-3-5-10-14-20-16-22(20)23(30)31-21(17-28)18-29/h2-3,8-10,12-14,19-22,28-29H,4-7,11,15-18H2,1H3/b3-2-,12-8-,13-9-,14-10-/t19-,20?,22?/m1/s1. The van der Waals surface area contributed by atoms with Crippen LogP contribution in [0.25, 0.3) is 0 Å². The number of allylic oxidation sites excluding steroid dienone is 8. The maximum absolute atomic E-state index is 12.0. The maximum atomic E-state index is 12.0. The number of halogens is 3. The van der Waals surface area contributed by atoms with Crippen molar-refractivity contribution in [2.75, 3.05) is 13.2 Å². The van der Waals surface area contributed by atoms with E-state index in [9.17, 15) is 18.0 Å². The zero-order valence-corrected chi connectivity index (χ0v) is 18.1. The Bertz CT molecular complexity index is 619. The van der Waals surface area contributed by atoms with Crippen molar-refractivity contribution >= 4 is 5.97 Å². The molecule has 7 heteroatoms. The number of rotatable bonds is 15. The van der Waals surface area contributed by atoms with Crippen molar-refractivity contribution in [1.29, 1.82) is 0 Å². The third-order valence-corrected chi connectivity index (χ3v) is 4.89. The third kappa shape index (κ3) is 13.9. The van der Waals surface area contributed by atoms with Crippen LogP contribution >= 0.6 is 0 Å². The second-order valence-corrected chi connectivity index (χ2v) is 7.88. The smallest absolute Gasteiger partial charge is 0.389 e. The van der Waals surface area contributed by atoms with Gasteiger partial charge in [-0.15, -0.1) is 0 Å². The fraction of sp³-hybridized carbons (Fsp3) is 0.625. The molecule has 1 saturated carbocycles. The average molecular weight is 445 g/mol. The molecule has 1 rings (SSSR count). The molecule has 31 heavy (non-hydrogen) atoms. The minimum absolute atomic E-state index is 0.167. The molecule has 0 bridgehead atoms. The van der Waals surface area contributed by atoms with Crippen LogP contribution in [-0.2, 0) is 9.53 Å². The highest BCUT2D eigenvalue weighted by Crippen LogP contribution is 2.40. The molecule has 0 aromatic heterocycles. The Morgan fingerprint density at radius 2 is 1.68 bits per heavy atom. The van der Waals surface area contributed by atoms with Crippen LogP contribution in [0.5, 0.6) is 0 Å². The lowest BCUT2D eigenvalue weighted by molar-refractivity contribution is -0.155. The molecule has 0 amide bonds. The molecule has 0 aromatic carbocycles. The van der Waals surface area contributed by atoms with E-state index in [0.29, 0.717) is 12.8 Å². The number of alkyl halides is 3. The van der Waals surface area contributed by atoms with Crippen LogP contribution in [0.2, 0.25) is 0 Å². The predicted molar refractivity (Wildman–Crippen MR) is 115 cm³/mol. The summed E-state index contributed by atoms with van der Waals surface area (Å²) in [5.41, 5.74) is 0. The highest BCUT2D eigenvalue weighted by molar-refractivity contribution is 5.76. The second-order valence-electron chi connectivity index (χ2n) is 7.88. The maximum Gasteiger partial charge on any atom is 0.389 e. The van der Waals surface area contributed by atoms with Gasteiger partial charge in [0.15, 0.2) is 0 Å². The number of esters is 1. The quantitative estimate of drug-likeness (QED) is 0.205. The number of carbonyl (C=O) groups is 1. The number of unbranched alkanes of at least 4 members (excludes halogenated alkanes) is 2. The van der Waals surface area contributed by atoms with E-state index in [1.165, 1.54) is 0 Å². The monoisotopic (exact) mass is 444 g/mol. The van der Waals surface area contributed by atoms with Gasteiger partial charge in [-0.3, -0.25) is 4.79 Å². The molecular weight excluding hydrogens is 409 g/mol. The first-order valence-electron chi connectivity index (χ1n) is 10.9. The lowest BCUT2D eigenvalue weighted by atomic mass is 10.1. The van der Waals surface area contributed by atoms with Crippen LogP contribution in [0.4, 0.5) is 13.2 Å². The van der Waals surface area contributed by atoms with E-state index >= 15 is 0 Å². The summed E-state index contributed by atoms with van der Waals surface area (Å²) in [5.74, 6) is -0.130. The number of hydrogen-bond donors (Lipinski definition) is 2. The number of aliphatic hydroxyl groups excluding tert-OH is 2. The summed E-state index contributed by atoms with van der Waals surface area (Å²) in [6, 6.07) is 0. The number of hydrogen-bond acceptors (Lipinski definition) is 4. The Morgan fingerprint density at radius 1 is 1.03 bits per heavy atom. The first kappa shape index (κ1) is 27.2. The fourth-order valence-corrected chi connectivity index (χ4v) is 2.94. The summed E-state index contributed by atoms with van der Waals surface area (Å²) >= 11 is 0. The van der Waals surface area contributed by atoms with Gasteiger partial charge in [0, 0.05) is 6.42 Å². The van der Waals surface area contributed by atoms with Gasteiger partial charge in [0.1, 0.15) is 6.10 Å². The SMILES string of the molecule is C[C@H](/C=C\C/C=C\C/C=C\C1CC1C(=O)OC(CO)CO)/C=C\CCCCC(F)(F)F. The van der Waals surface area contributed by atoms with Crippen LogP contribution in [0.1, 0.15) is 51.9 Å². The van der Waals surface area contributed by atoms with Crippen molar-refractivity contribution in [1.82, 2.24) is 0 Å². The van der Waals surface area contributed by atoms with Gasteiger partial charge in [-0.2, -0.15) is 13.2 Å². The molecule has 0 radical (unpaired) electrons. The summed E-state index contributed by atoms with van der Waals surface area (Å²) in [4.78, 5) is 11.8. The Kier molecular flexibility index (Phi) is 13.2. The molecule has 1 aliphatic rings. The van der Waals surface area contributed by atoms with Crippen molar-refractivity contribution in [3.05, 3.63) is 48.6 Å². The molecule has 0 aromatic rings. The van der Waals surface area contributed by atoms with Crippen LogP contribution in [0.3, 0.4) is 0 Å². The van der Waals surface area contributed by atoms with Crippen LogP contribution in [0, 0.1) is 17.8 Å². The minimum atomic E-state index is -4.05. The first-order chi connectivity index (χ1) is 14.8. The largest absolute Gasteiger partial charge is 0.457 e. The molecule has 176 valence electrons. The fourth-order valence-electron chi connectivity index (χ4n) is 2.94. The Hall–Kier alpha value is -1.86. The van der Waals surface area contributed by atoms with Crippen molar-refractivity contribution in [2.24, 2.45) is 17.8 Å². The molecular formula is C24H35F3O4. The van der Waals surface area contributed by atoms with Gasteiger partial charge in [0.05, 0.1) is 19.1 Å². The Morgan fingerprint density at radius 3 is 2.32 bits per heavy atom. The van der Waals surface area contributed by atoms with E-state index in [1.807, 2.05) is 37.3 Å². The van der Waals surface area contributed by atoms with Crippen LogP contribution in [-0.4, -0.2) is 41.7 Å². The number of ether oxygens (including phenoxy) is 1.